The molecule has 1 aromatic heterocycles. The number of anilines is 1. The summed E-state index contributed by atoms with van der Waals surface area (Å²) in [6.07, 6.45) is 0. The lowest BCUT2D eigenvalue weighted by atomic mass is 10.1. The van der Waals surface area contributed by atoms with Crippen molar-refractivity contribution in [2.24, 2.45) is 0 Å². The summed E-state index contributed by atoms with van der Waals surface area (Å²) in [6, 6.07) is 11.8. The Balaban J connectivity index is 2.25. The predicted molar refractivity (Wildman–Crippen MR) is 86.2 cm³/mol. The number of esters is 1. The van der Waals surface area contributed by atoms with E-state index in [1.807, 2.05) is 43.3 Å². The Kier molecular flexibility index (Phi) is 5.22. The monoisotopic (exact) mass is 302 g/mol. The smallest absolute Gasteiger partial charge is 0.316 e. The summed E-state index contributed by atoms with van der Waals surface area (Å²) in [6.45, 7) is 4.11. The van der Waals surface area contributed by atoms with Gasteiger partial charge >= 0.3 is 5.97 Å². The van der Waals surface area contributed by atoms with E-state index in [1.54, 1.807) is 6.92 Å². The molecule has 0 amide bonds. The highest BCUT2D eigenvalue weighted by Gasteiger charge is 2.11. The molecule has 0 saturated carbocycles. The zero-order chi connectivity index (χ0) is 15.2. The quantitative estimate of drug-likeness (QED) is 0.678. The molecule has 2 aromatic rings. The van der Waals surface area contributed by atoms with Gasteiger partial charge in [0.1, 0.15) is 5.03 Å². The number of carbonyl (C=O) groups excluding carboxylic acids is 1. The van der Waals surface area contributed by atoms with Gasteiger partial charge in [-0.15, -0.1) is 0 Å². The fourth-order valence-electron chi connectivity index (χ4n) is 1.85. The van der Waals surface area contributed by atoms with Gasteiger partial charge in [0.2, 0.25) is 0 Å². The van der Waals surface area contributed by atoms with Crippen LogP contribution in [0.3, 0.4) is 0 Å². The molecule has 0 radical (unpaired) electrons. The summed E-state index contributed by atoms with van der Waals surface area (Å²) >= 11 is 1.31. The lowest BCUT2D eigenvalue weighted by Gasteiger charge is -2.10. The fourth-order valence-corrected chi connectivity index (χ4v) is 2.67. The number of aromatic nitrogens is 1. The first kappa shape index (κ1) is 15.4. The number of nitrogen functional groups attached to an aromatic ring is 1. The van der Waals surface area contributed by atoms with Crippen LogP contribution >= 0.6 is 11.8 Å². The van der Waals surface area contributed by atoms with Crippen molar-refractivity contribution < 1.29 is 9.53 Å². The first-order valence-corrected chi connectivity index (χ1v) is 7.71. The van der Waals surface area contributed by atoms with Gasteiger partial charge in [-0.05, 0) is 25.5 Å². The Morgan fingerprint density at radius 3 is 2.71 bits per heavy atom. The highest BCUT2D eigenvalue weighted by molar-refractivity contribution is 8.00. The standard InChI is InChI=1S/C16H18N2O2S/c1-3-20-14(19)10-21-16-15(17)11(2)9-13(18-16)12-7-5-4-6-8-12/h4-9H,3,10,17H2,1-2H3. The summed E-state index contributed by atoms with van der Waals surface area (Å²) in [5.41, 5.74) is 9.50. The number of nitrogens with zero attached hydrogens (tertiary/aromatic N) is 1. The van der Waals surface area contributed by atoms with Gasteiger partial charge in [0, 0.05) is 5.56 Å². The van der Waals surface area contributed by atoms with E-state index >= 15 is 0 Å². The maximum absolute atomic E-state index is 11.5. The fraction of sp³-hybridized carbons (Fsp3) is 0.250. The van der Waals surface area contributed by atoms with E-state index in [2.05, 4.69) is 4.98 Å². The molecule has 4 nitrogen and oxygen atoms in total. The minimum absolute atomic E-state index is 0.211. The van der Waals surface area contributed by atoms with Gasteiger partial charge in [-0.3, -0.25) is 4.79 Å². The Morgan fingerprint density at radius 1 is 1.33 bits per heavy atom. The van der Waals surface area contributed by atoms with Crippen LogP contribution < -0.4 is 5.73 Å². The Hall–Kier alpha value is -2.01. The molecule has 0 unspecified atom stereocenters. The van der Waals surface area contributed by atoms with Gasteiger partial charge in [0.15, 0.2) is 0 Å². The van der Waals surface area contributed by atoms with Gasteiger partial charge < -0.3 is 10.5 Å². The van der Waals surface area contributed by atoms with Crippen LogP contribution in [0.1, 0.15) is 12.5 Å². The van der Waals surface area contributed by atoms with Gasteiger partial charge in [0.25, 0.3) is 0 Å². The molecule has 1 heterocycles. The van der Waals surface area contributed by atoms with Crippen molar-refractivity contribution in [3.8, 4) is 11.3 Å². The van der Waals surface area contributed by atoms with Crippen molar-refractivity contribution in [3.05, 3.63) is 42.0 Å². The topological polar surface area (TPSA) is 65.2 Å². The average molecular weight is 302 g/mol. The van der Waals surface area contributed by atoms with Crippen LogP contribution in [0.5, 0.6) is 0 Å². The summed E-state index contributed by atoms with van der Waals surface area (Å²) in [5, 5.41) is 0.668. The number of hydrogen-bond acceptors (Lipinski definition) is 5. The molecule has 0 bridgehead atoms. The predicted octanol–water partition coefficient (Wildman–Crippen LogP) is 3.29. The van der Waals surface area contributed by atoms with Crippen molar-refractivity contribution in [1.82, 2.24) is 4.98 Å². The maximum Gasteiger partial charge on any atom is 0.316 e. The van der Waals surface area contributed by atoms with Crippen LogP contribution in [0.15, 0.2) is 41.4 Å². The van der Waals surface area contributed by atoms with E-state index in [9.17, 15) is 4.79 Å². The lowest BCUT2D eigenvalue weighted by Crippen LogP contribution is -2.07. The molecule has 2 rings (SSSR count). The van der Waals surface area contributed by atoms with Crippen LogP contribution in [0.4, 0.5) is 5.69 Å². The number of benzene rings is 1. The van der Waals surface area contributed by atoms with Crippen LogP contribution in [-0.4, -0.2) is 23.3 Å². The zero-order valence-corrected chi connectivity index (χ0v) is 12.9. The van der Waals surface area contributed by atoms with Gasteiger partial charge in [-0.1, -0.05) is 42.1 Å². The Bertz CT molecular complexity index is 630. The molecule has 0 fully saturated rings. The van der Waals surface area contributed by atoms with E-state index in [0.717, 1.165) is 16.8 Å². The number of rotatable bonds is 5. The number of aryl methyl sites for hydroxylation is 1. The third kappa shape index (κ3) is 3.98. The molecular formula is C16H18N2O2S. The summed E-state index contributed by atoms with van der Waals surface area (Å²) in [4.78, 5) is 16.0. The third-order valence-electron chi connectivity index (χ3n) is 2.93. The average Bonchev–Trinajstić information content (AvgIpc) is 2.50. The Morgan fingerprint density at radius 2 is 2.05 bits per heavy atom. The first-order chi connectivity index (χ1) is 10.1. The van der Waals surface area contributed by atoms with Crippen molar-refractivity contribution in [2.75, 3.05) is 18.1 Å². The molecule has 0 aliphatic rings. The highest BCUT2D eigenvalue weighted by Crippen LogP contribution is 2.30. The molecular weight excluding hydrogens is 284 g/mol. The van der Waals surface area contributed by atoms with Gasteiger partial charge in [-0.25, -0.2) is 4.98 Å². The minimum atomic E-state index is -0.258. The summed E-state index contributed by atoms with van der Waals surface area (Å²) in [5.74, 6) is -0.0469. The summed E-state index contributed by atoms with van der Waals surface area (Å²) < 4.78 is 4.92. The van der Waals surface area contributed by atoms with Crippen molar-refractivity contribution >= 4 is 23.4 Å². The Labute approximate surface area is 128 Å². The number of carbonyl (C=O) groups is 1. The summed E-state index contributed by atoms with van der Waals surface area (Å²) in [7, 11) is 0. The van der Waals surface area contributed by atoms with Crippen LogP contribution in [0.25, 0.3) is 11.3 Å². The van der Waals surface area contributed by atoms with E-state index in [4.69, 9.17) is 10.5 Å². The van der Waals surface area contributed by atoms with Crippen LogP contribution in [0, 0.1) is 6.92 Å². The second-order valence-corrected chi connectivity index (χ2v) is 5.47. The molecule has 1 aromatic carbocycles. The second-order valence-electron chi connectivity index (χ2n) is 4.50. The molecule has 110 valence electrons. The normalized spacial score (nSPS) is 10.4. The van der Waals surface area contributed by atoms with Gasteiger partial charge in [0.05, 0.1) is 23.7 Å². The maximum atomic E-state index is 11.5. The van der Waals surface area contributed by atoms with Gasteiger partial charge in [-0.2, -0.15) is 0 Å². The van der Waals surface area contributed by atoms with E-state index in [1.165, 1.54) is 11.8 Å². The molecule has 0 aliphatic carbocycles. The molecule has 21 heavy (non-hydrogen) atoms. The third-order valence-corrected chi connectivity index (χ3v) is 3.90. The van der Waals surface area contributed by atoms with E-state index in [0.29, 0.717) is 17.3 Å². The number of nitrogens with two attached hydrogens (primary N) is 1. The molecule has 0 atom stereocenters. The van der Waals surface area contributed by atoms with Crippen LogP contribution in [-0.2, 0) is 9.53 Å². The lowest BCUT2D eigenvalue weighted by molar-refractivity contribution is -0.139. The van der Waals surface area contributed by atoms with Crippen molar-refractivity contribution in [2.45, 2.75) is 18.9 Å². The largest absolute Gasteiger partial charge is 0.465 e. The minimum Gasteiger partial charge on any atom is -0.465 e. The van der Waals surface area contributed by atoms with E-state index in [-0.39, 0.29) is 11.7 Å². The number of pyridine rings is 1. The highest BCUT2D eigenvalue weighted by atomic mass is 32.2. The number of ether oxygens (including phenoxy) is 1. The number of hydrogen-bond donors (Lipinski definition) is 1. The first-order valence-electron chi connectivity index (χ1n) is 6.72. The van der Waals surface area contributed by atoms with Crippen molar-refractivity contribution in [1.29, 1.82) is 0 Å². The molecule has 0 saturated heterocycles. The molecule has 0 spiro atoms. The SMILES string of the molecule is CCOC(=O)CSc1nc(-c2ccccc2)cc(C)c1N. The zero-order valence-electron chi connectivity index (χ0n) is 12.1. The second kappa shape index (κ2) is 7.13. The molecule has 0 aliphatic heterocycles. The van der Waals surface area contributed by atoms with E-state index < -0.39 is 0 Å². The molecule has 5 heteroatoms. The number of thioether (sulfide) groups is 1. The van der Waals surface area contributed by atoms with Crippen molar-refractivity contribution in [3.63, 3.8) is 0 Å². The van der Waals surface area contributed by atoms with Crippen LogP contribution in [0.2, 0.25) is 0 Å². The molecule has 2 N–H and O–H groups in total.